The number of halogens is 4. The van der Waals surface area contributed by atoms with E-state index in [0.29, 0.717) is 19.8 Å². The Hall–Kier alpha value is -1.31. The average Bonchev–Trinajstić information content (AvgIpc) is 2.85. The summed E-state index contributed by atoms with van der Waals surface area (Å²) in [6.07, 6.45) is 0. The normalized spacial score (nSPS) is 10.5. The van der Waals surface area contributed by atoms with E-state index < -0.39 is 0 Å². The lowest BCUT2D eigenvalue weighted by atomic mass is 10.2. The van der Waals surface area contributed by atoms with Gasteiger partial charge in [-0.25, -0.2) is 0 Å². The molecule has 35 heavy (non-hydrogen) atoms. The first-order valence-electron chi connectivity index (χ1n) is 10.2. The Balaban J connectivity index is 0.000000198. The van der Waals surface area contributed by atoms with Crippen molar-refractivity contribution in [2.75, 3.05) is 0 Å². The fourth-order valence-electron chi connectivity index (χ4n) is 2.73. The zero-order valence-electron chi connectivity index (χ0n) is 18.1. The van der Waals surface area contributed by atoms with E-state index in [1.165, 1.54) is 35.4 Å². The van der Waals surface area contributed by atoms with E-state index in [0.717, 1.165) is 23.3 Å². The molecule has 0 atom stereocenters. The van der Waals surface area contributed by atoms with Gasteiger partial charge in [-0.05, 0) is 35.4 Å². The number of phenolic OH excluding ortho intramolecular Hbond substituents is 2. The minimum Gasteiger partial charge on any atom is -0.505 e. The Labute approximate surface area is 237 Å². The molecule has 2 nitrogen and oxygen atoms in total. The first-order chi connectivity index (χ1) is 16.8. The van der Waals surface area contributed by atoms with Gasteiger partial charge in [0.25, 0.3) is 0 Å². The lowest BCUT2D eigenvalue weighted by Crippen LogP contribution is -1.81. The third kappa shape index (κ3) is 9.25. The van der Waals surface area contributed by atoms with Crippen LogP contribution in [0.5, 0.6) is 11.5 Å². The summed E-state index contributed by atoms with van der Waals surface area (Å²) in [6.45, 7) is 0. The van der Waals surface area contributed by atoms with Crippen LogP contribution in [0.25, 0.3) is 0 Å². The van der Waals surface area contributed by atoms with Crippen molar-refractivity contribution in [2.24, 2.45) is 0 Å². The van der Waals surface area contributed by atoms with E-state index in [4.69, 9.17) is 46.4 Å². The van der Waals surface area contributed by atoms with E-state index in [9.17, 15) is 10.2 Å². The molecule has 4 aromatic carbocycles. The second-order valence-electron chi connectivity index (χ2n) is 7.07. The Bertz CT molecular complexity index is 1150. The Morgan fingerprint density at radius 3 is 1.29 bits per heavy atom. The number of phenols is 2. The summed E-state index contributed by atoms with van der Waals surface area (Å²) in [6, 6.07) is 27.1. The van der Waals surface area contributed by atoms with Crippen LogP contribution >= 0.6 is 79.8 Å². The molecule has 0 heterocycles. The van der Waals surface area contributed by atoms with Gasteiger partial charge in [0.15, 0.2) is 0 Å². The number of benzene rings is 4. The second kappa shape index (κ2) is 14.4. The highest BCUT2D eigenvalue weighted by molar-refractivity contribution is 8.76. The van der Waals surface area contributed by atoms with Crippen LogP contribution in [0.2, 0.25) is 20.1 Å². The summed E-state index contributed by atoms with van der Waals surface area (Å²) in [5, 5.41) is 20.7. The van der Waals surface area contributed by atoms with Gasteiger partial charge < -0.3 is 10.2 Å². The second-order valence-corrected chi connectivity index (χ2v) is 12.3. The Kier molecular flexibility index (Phi) is 11.7. The topological polar surface area (TPSA) is 40.5 Å². The highest BCUT2D eigenvalue weighted by Gasteiger charge is 2.14. The monoisotopic (exact) mass is 600 g/mol. The largest absolute Gasteiger partial charge is 0.505 e. The number of hydrogen-bond donors (Lipinski definition) is 2. The molecule has 0 aliphatic carbocycles. The van der Waals surface area contributed by atoms with E-state index in [2.05, 4.69) is 60.7 Å². The molecule has 0 saturated heterocycles. The van der Waals surface area contributed by atoms with Crippen LogP contribution in [-0.4, -0.2) is 10.2 Å². The fourth-order valence-corrected chi connectivity index (χ4v) is 7.12. The molecule has 0 saturated carbocycles. The van der Waals surface area contributed by atoms with Crippen molar-refractivity contribution in [2.45, 2.75) is 21.3 Å². The van der Waals surface area contributed by atoms with Gasteiger partial charge in [-0.2, -0.15) is 0 Å². The van der Waals surface area contributed by atoms with Gasteiger partial charge in [-0.15, -0.1) is 0 Å². The van der Waals surface area contributed by atoms with Crippen LogP contribution in [0.1, 0.15) is 11.1 Å². The summed E-state index contributed by atoms with van der Waals surface area (Å²) >= 11 is 24.4. The van der Waals surface area contributed by atoms with Crippen LogP contribution < -0.4 is 0 Å². The van der Waals surface area contributed by atoms with Crippen molar-refractivity contribution in [1.82, 2.24) is 0 Å². The SMILES string of the molecule is Oc1c(Cl)cc(Cl)cc1Sc1cc(Cl)cc(Cl)c1O.c1ccc(CSSCc2ccccc2)cc1. The van der Waals surface area contributed by atoms with Crippen LogP contribution in [0.15, 0.2) is 94.7 Å². The first-order valence-corrected chi connectivity index (χ1v) is 15.0. The smallest absolute Gasteiger partial charge is 0.148 e. The molecular weight excluding hydrogens is 582 g/mol. The number of rotatable bonds is 7. The fraction of sp³-hybridized carbons (Fsp3) is 0.0769. The van der Waals surface area contributed by atoms with Gasteiger partial charge in [0.2, 0.25) is 0 Å². The minimum atomic E-state index is -0.119. The van der Waals surface area contributed by atoms with Crippen LogP contribution in [0.4, 0.5) is 0 Å². The summed E-state index contributed by atoms with van der Waals surface area (Å²) in [4.78, 5) is 0.789. The maximum absolute atomic E-state index is 9.85. The Morgan fingerprint density at radius 1 is 0.543 bits per heavy atom. The zero-order chi connectivity index (χ0) is 25.2. The van der Waals surface area contributed by atoms with Crippen molar-refractivity contribution >= 4 is 79.8 Å². The van der Waals surface area contributed by atoms with Gasteiger partial charge in [-0.3, -0.25) is 0 Å². The molecule has 4 aromatic rings. The molecule has 0 amide bonds. The predicted molar refractivity (Wildman–Crippen MR) is 156 cm³/mol. The molecule has 0 aliphatic heterocycles. The molecule has 0 radical (unpaired) electrons. The van der Waals surface area contributed by atoms with E-state index in [-0.39, 0.29) is 21.5 Å². The molecular formula is C26H20Cl4O2S3. The quantitative estimate of drug-likeness (QED) is 0.163. The van der Waals surface area contributed by atoms with Crippen molar-refractivity contribution in [1.29, 1.82) is 0 Å². The van der Waals surface area contributed by atoms with E-state index >= 15 is 0 Å². The highest BCUT2D eigenvalue weighted by atomic mass is 35.5. The van der Waals surface area contributed by atoms with Crippen molar-refractivity contribution in [3.05, 3.63) is 116 Å². The summed E-state index contributed by atoms with van der Waals surface area (Å²) in [7, 11) is 3.84. The van der Waals surface area contributed by atoms with Crippen LogP contribution in [0.3, 0.4) is 0 Å². The molecule has 0 unspecified atom stereocenters. The van der Waals surface area contributed by atoms with Crippen molar-refractivity contribution < 1.29 is 10.2 Å². The first kappa shape index (κ1) is 28.3. The summed E-state index contributed by atoms with van der Waals surface area (Å²) in [5.74, 6) is 1.93. The molecule has 4 rings (SSSR count). The van der Waals surface area contributed by atoms with Gasteiger partial charge in [0, 0.05) is 21.6 Å². The maximum Gasteiger partial charge on any atom is 0.148 e. The van der Waals surface area contributed by atoms with Crippen molar-refractivity contribution in [3.8, 4) is 11.5 Å². The molecule has 2 N–H and O–H groups in total. The third-order valence-corrected chi connectivity index (χ3v) is 8.78. The average molecular weight is 602 g/mol. The van der Waals surface area contributed by atoms with Gasteiger partial charge >= 0.3 is 0 Å². The summed E-state index contributed by atoms with van der Waals surface area (Å²) in [5.41, 5.74) is 2.79. The number of hydrogen-bond acceptors (Lipinski definition) is 5. The third-order valence-electron chi connectivity index (χ3n) is 4.43. The molecule has 0 fully saturated rings. The maximum atomic E-state index is 9.85. The number of aromatic hydroxyl groups is 2. The van der Waals surface area contributed by atoms with Crippen molar-refractivity contribution in [3.63, 3.8) is 0 Å². The molecule has 9 heteroatoms. The molecule has 0 spiro atoms. The minimum absolute atomic E-state index is 0.119. The van der Waals surface area contributed by atoms with Gasteiger partial charge in [-0.1, -0.05) is 140 Å². The zero-order valence-corrected chi connectivity index (χ0v) is 23.6. The standard InChI is InChI=1S/C14H14S2.C12H6Cl4O2S/c1-3-7-13(8-4-1)11-15-16-12-14-9-5-2-6-10-14;13-5-1-7(15)11(17)9(3-5)19-10-4-6(14)2-8(16)12(10)18/h1-10H,11-12H2;1-4,17-18H. The van der Waals surface area contributed by atoms with E-state index in [1.54, 1.807) is 0 Å². The van der Waals surface area contributed by atoms with Gasteiger partial charge in [0.1, 0.15) is 11.5 Å². The lowest BCUT2D eigenvalue weighted by Gasteiger charge is -2.09. The van der Waals surface area contributed by atoms with Crippen LogP contribution in [-0.2, 0) is 11.5 Å². The van der Waals surface area contributed by atoms with Crippen LogP contribution in [0, 0.1) is 0 Å². The molecule has 0 aromatic heterocycles. The van der Waals surface area contributed by atoms with Gasteiger partial charge in [0.05, 0.1) is 19.8 Å². The predicted octanol–water partition coefficient (Wildman–Crippen LogP) is 10.6. The highest BCUT2D eigenvalue weighted by Crippen LogP contribution is 2.45. The Morgan fingerprint density at radius 2 is 0.914 bits per heavy atom. The van der Waals surface area contributed by atoms with E-state index in [1.807, 2.05) is 21.6 Å². The molecule has 0 aliphatic rings. The lowest BCUT2D eigenvalue weighted by molar-refractivity contribution is 0.460. The molecule has 0 bridgehead atoms. The summed E-state index contributed by atoms with van der Waals surface area (Å²) < 4.78 is 0. The molecule has 182 valence electrons.